The number of ether oxygens (including phenoxy) is 1. The van der Waals surface area contributed by atoms with Crippen LogP contribution in [0.15, 0.2) is 0 Å². The first-order valence-electron chi connectivity index (χ1n) is 6.25. The van der Waals surface area contributed by atoms with Crippen molar-refractivity contribution >= 4 is 11.8 Å². The van der Waals surface area contributed by atoms with Crippen LogP contribution in [0.1, 0.15) is 38.5 Å². The van der Waals surface area contributed by atoms with Gasteiger partial charge in [-0.2, -0.15) is 11.8 Å². The lowest BCUT2D eigenvalue weighted by Crippen LogP contribution is -2.37. The van der Waals surface area contributed by atoms with Crippen molar-refractivity contribution in [1.29, 1.82) is 0 Å². The Bertz CT molecular complexity index is 180. The van der Waals surface area contributed by atoms with Crippen molar-refractivity contribution in [1.82, 2.24) is 5.32 Å². The first-order valence-corrected chi connectivity index (χ1v) is 7.54. The quantitative estimate of drug-likeness (QED) is 0.803. The number of hydrogen-bond acceptors (Lipinski definition) is 3. The molecule has 0 amide bonds. The van der Waals surface area contributed by atoms with Crippen molar-refractivity contribution < 1.29 is 4.74 Å². The Hall–Kier alpha value is 0.270. The van der Waals surface area contributed by atoms with Gasteiger partial charge in [-0.25, -0.2) is 0 Å². The fourth-order valence-corrected chi connectivity index (χ4v) is 3.51. The molecule has 0 aromatic carbocycles. The van der Waals surface area contributed by atoms with Crippen LogP contribution in [0, 0.1) is 0 Å². The summed E-state index contributed by atoms with van der Waals surface area (Å²) in [5, 5.41) is 4.74. The third-order valence-electron chi connectivity index (χ3n) is 3.64. The van der Waals surface area contributed by atoms with Crippen molar-refractivity contribution in [2.45, 2.75) is 55.9 Å². The highest BCUT2D eigenvalue weighted by Crippen LogP contribution is 2.28. The fraction of sp³-hybridized carbons (Fsp3) is 1.00. The summed E-state index contributed by atoms with van der Waals surface area (Å²) in [4.78, 5) is 0. The number of rotatable bonds is 3. The zero-order valence-corrected chi connectivity index (χ0v) is 10.5. The predicted molar refractivity (Wildman–Crippen MR) is 66.5 cm³/mol. The van der Waals surface area contributed by atoms with E-state index in [0.717, 1.165) is 30.5 Å². The molecule has 1 N–H and O–H groups in total. The lowest BCUT2D eigenvalue weighted by Gasteiger charge is -2.21. The first-order chi connectivity index (χ1) is 7.38. The molecule has 1 aliphatic heterocycles. The second-order valence-corrected chi connectivity index (χ2v) is 5.91. The van der Waals surface area contributed by atoms with Gasteiger partial charge in [0.15, 0.2) is 0 Å². The normalized spacial score (nSPS) is 37.8. The molecule has 0 radical (unpaired) electrons. The van der Waals surface area contributed by atoms with E-state index in [1.54, 1.807) is 0 Å². The summed E-state index contributed by atoms with van der Waals surface area (Å²) < 4.78 is 5.49. The predicted octanol–water partition coefficient (Wildman–Crippen LogP) is 2.43. The van der Waals surface area contributed by atoms with Gasteiger partial charge in [0.1, 0.15) is 0 Å². The highest BCUT2D eigenvalue weighted by Gasteiger charge is 2.25. The van der Waals surface area contributed by atoms with E-state index < -0.39 is 0 Å². The minimum Gasteiger partial charge on any atom is -0.381 e. The van der Waals surface area contributed by atoms with Crippen molar-refractivity contribution in [3.8, 4) is 0 Å². The van der Waals surface area contributed by atoms with Crippen LogP contribution in [-0.2, 0) is 4.74 Å². The highest BCUT2D eigenvalue weighted by molar-refractivity contribution is 7.99. The van der Waals surface area contributed by atoms with Crippen LogP contribution in [-0.4, -0.2) is 36.8 Å². The Morgan fingerprint density at radius 2 is 2.00 bits per heavy atom. The molecule has 2 rings (SSSR count). The Morgan fingerprint density at radius 3 is 2.80 bits per heavy atom. The van der Waals surface area contributed by atoms with Gasteiger partial charge in [-0.3, -0.25) is 0 Å². The summed E-state index contributed by atoms with van der Waals surface area (Å²) in [5.41, 5.74) is 0. The molecule has 0 aromatic rings. The lowest BCUT2D eigenvalue weighted by atomic mass is 10.1. The van der Waals surface area contributed by atoms with Gasteiger partial charge >= 0.3 is 0 Å². The highest BCUT2D eigenvalue weighted by atomic mass is 32.2. The van der Waals surface area contributed by atoms with E-state index in [9.17, 15) is 0 Å². The molecule has 1 saturated heterocycles. The standard InChI is InChI=1S/C12H23NOS/c1-15-12-5-4-11(9-12)13-10-3-2-7-14-8-6-10/h10-13H,2-9H2,1H3. The Morgan fingerprint density at radius 1 is 1.07 bits per heavy atom. The van der Waals surface area contributed by atoms with E-state index in [4.69, 9.17) is 4.74 Å². The molecule has 15 heavy (non-hydrogen) atoms. The van der Waals surface area contributed by atoms with E-state index in [0.29, 0.717) is 0 Å². The van der Waals surface area contributed by atoms with E-state index >= 15 is 0 Å². The zero-order valence-electron chi connectivity index (χ0n) is 9.71. The van der Waals surface area contributed by atoms with Crippen LogP contribution in [0.25, 0.3) is 0 Å². The third kappa shape index (κ3) is 3.65. The van der Waals surface area contributed by atoms with Crippen LogP contribution >= 0.6 is 11.8 Å². The summed E-state index contributed by atoms with van der Waals surface area (Å²) >= 11 is 2.04. The van der Waals surface area contributed by atoms with Crippen molar-refractivity contribution in [3.05, 3.63) is 0 Å². The maximum atomic E-state index is 5.49. The van der Waals surface area contributed by atoms with Crippen LogP contribution in [0.2, 0.25) is 0 Å². The zero-order chi connectivity index (χ0) is 10.5. The molecule has 3 heteroatoms. The Balaban J connectivity index is 1.71. The van der Waals surface area contributed by atoms with Crippen LogP contribution in [0.4, 0.5) is 0 Å². The first kappa shape index (κ1) is 11.7. The van der Waals surface area contributed by atoms with Gasteiger partial charge in [0.25, 0.3) is 0 Å². The Kier molecular flexibility index (Phi) is 4.79. The largest absolute Gasteiger partial charge is 0.381 e. The second kappa shape index (κ2) is 6.12. The van der Waals surface area contributed by atoms with Crippen molar-refractivity contribution in [2.75, 3.05) is 19.5 Å². The molecule has 88 valence electrons. The van der Waals surface area contributed by atoms with E-state index in [-0.39, 0.29) is 0 Å². The van der Waals surface area contributed by atoms with Gasteiger partial charge in [-0.05, 0) is 44.8 Å². The molecule has 1 heterocycles. The third-order valence-corrected chi connectivity index (χ3v) is 4.74. The summed E-state index contributed by atoms with van der Waals surface area (Å²) in [6.45, 7) is 1.92. The summed E-state index contributed by atoms with van der Waals surface area (Å²) in [7, 11) is 0. The maximum Gasteiger partial charge on any atom is 0.0480 e. The molecule has 1 saturated carbocycles. The average molecular weight is 229 g/mol. The minimum atomic E-state index is 0.720. The molecular formula is C12H23NOS. The van der Waals surface area contributed by atoms with Gasteiger partial charge in [0.2, 0.25) is 0 Å². The average Bonchev–Trinajstić information content (AvgIpc) is 2.54. The van der Waals surface area contributed by atoms with E-state index in [1.807, 2.05) is 11.8 Å². The molecule has 1 aliphatic carbocycles. The van der Waals surface area contributed by atoms with Gasteiger partial charge in [-0.1, -0.05) is 0 Å². The smallest absolute Gasteiger partial charge is 0.0480 e. The number of nitrogens with one attached hydrogen (secondary N) is 1. The molecule has 2 fully saturated rings. The fourth-order valence-electron chi connectivity index (χ4n) is 2.71. The van der Waals surface area contributed by atoms with E-state index in [2.05, 4.69) is 11.6 Å². The van der Waals surface area contributed by atoms with Crippen LogP contribution in [0.5, 0.6) is 0 Å². The molecule has 0 aromatic heterocycles. The number of hydrogen-bond donors (Lipinski definition) is 1. The topological polar surface area (TPSA) is 21.3 Å². The molecule has 3 unspecified atom stereocenters. The summed E-state index contributed by atoms with van der Waals surface area (Å²) in [6.07, 6.45) is 10.1. The molecule has 2 nitrogen and oxygen atoms in total. The molecule has 3 atom stereocenters. The SMILES string of the molecule is CSC1CCC(NC2CCCOCC2)C1. The Labute approximate surface area is 97.5 Å². The van der Waals surface area contributed by atoms with Gasteiger partial charge in [-0.15, -0.1) is 0 Å². The van der Waals surface area contributed by atoms with Gasteiger partial charge in [0, 0.05) is 30.5 Å². The van der Waals surface area contributed by atoms with Crippen molar-refractivity contribution in [3.63, 3.8) is 0 Å². The van der Waals surface area contributed by atoms with Crippen molar-refractivity contribution in [2.24, 2.45) is 0 Å². The molecule has 0 spiro atoms. The molecule has 0 bridgehead atoms. The lowest BCUT2D eigenvalue weighted by molar-refractivity contribution is 0.142. The molecule has 2 aliphatic rings. The van der Waals surface area contributed by atoms with Gasteiger partial charge < -0.3 is 10.1 Å². The molecular weight excluding hydrogens is 206 g/mol. The van der Waals surface area contributed by atoms with Crippen LogP contribution in [0.3, 0.4) is 0 Å². The van der Waals surface area contributed by atoms with Crippen LogP contribution < -0.4 is 5.32 Å². The van der Waals surface area contributed by atoms with E-state index in [1.165, 1.54) is 38.5 Å². The number of thioether (sulfide) groups is 1. The van der Waals surface area contributed by atoms with Gasteiger partial charge in [0.05, 0.1) is 0 Å². The monoisotopic (exact) mass is 229 g/mol. The maximum absolute atomic E-state index is 5.49. The summed E-state index contributed by atoms with van der Waals surface area (Å²) in [6, 6.07) is 1.50. The minimum absolute atomic E-state index is 0.720. The second-order valence-electron chi connectivity index (χ2n) is 4.77. The summed E-state index contributed by atoms with van der Waals surface area (Å²) in [5.74, 6) is 0.